The smallest absolute Gasteiger partial charge is 0.328 e. The highest BCUT2D eigenvalue weighted by Gasteiger charge is 2.21. The van der Waals surface area contributed by atoms with Gasteiger partial charge in [-0.25, -0.2) is 9.48 Å². The molecule has 1 heterocycles. The van der Waals surface area contributed by atoms with Crippen molar-refractivity contribution < 1.29 is 14.3 Å². The van der Waals surface area contributed by atoms with Crippen LogP contribution in [-0.4, -0.2) is 46.8 Å². The van der Waals surface area contributed by atoms with E-state index in [1.165, 1.54) is 13.2 Å². The molecule has 0 radical (unpaired) electrons. The Morgan fingerprint density at radius 1 is 1.13 bits per heavy atom. The Kier molecular flexibility index (Phi) is 7.24. The van der Waals surface area contributed by atoms with Crippen molar-refractivity contribution in [2.45, 2.75) is 19.0 Å². The van der Waals surface area contributed by atoms with Gasteiger partial charge >= 0.3 is 5.97 Å². The van der Waals surface area contributed by atoms with Crippen molar-refractivity contribution in [3.05, 3.63) is 65.0 Å². The van der Waals surface area contributed by atoms with Crippen LogP contribution in [0.1, 0.15) is 6.42 Å². The van der Waals surface area contributed by atoms with Crippen molar-refractivity contribution >= 4 is 34.4 Å². The van der Waals surface area contributed by atoms with E-state index >= 15 is 0 Å². The summed E-state index contributed by atoms with van der Waals surface area (Å²) in [5.74, 6) is -0.297. The molecule has 0 saturated heterocycles. The molecule has 7 nitrogen and oxygen atoms in total. The van der Waals surface area contributed by atoms with E-state index in [2.05, 4.69) is 10.4 Å². The standard InChI is InChI=1S/C22H23N3O4S/c1-29-22(28)19(11-12-30-2)23-20(26)14-25-21(27)10-9-18(24-25)17-8-7-15-5-3-4-6-16(15)13-17/h3-10,13,19H,11-12,14H2,1-2H3,(H,23,26). The molecule has 3 rings (SSSR count). The summed E-state index contributed by atoms with van der Waals surface area (Å²) in [6.45, 7) is -0.285. The molecule has 156 valence electrons. The number of methoxy groups -OCH3 is 1. The fourth-order valence-electron chi connectivity index (χ4n) is 3.07. The van der Waals surface area contributed by atoms with Crippen molar-refractivity contribution in [3.63, 3.8) is 0 Å². The van der Waals surface area contributed by atoms with Gasteiger partial charge in [0.2, 0.25) is 5.91 Å². The Bertz CT molecular complexity index is 1110. The quantitative estimate of drug-likeness (QED) is 0.558. The SMILES string of the molecule is COC(=O)C(CCSC)NC(=O)Cn1nc(-c2ccc3ccccc3c2)ccc1=O. The number of nitrogens with zero attached hydrogens (tertiary/aromatic N) is 2. The second-order valence-electron chi connectivity index (χ2n) is 6.70. The van der Waals surface area contributed by atoms with E-state index in [4.69, 9.17) is 4.74 Å². The number of amides is 1. The zero-order valence-corrected chi connectivity index (χ0v) is 17.6. The molecule has 1 N–H and O–H groups in total. The second kappa shape index (κ2) is 10.1. The topological polar surface area (TPSA) is 90.3 Å². The first-order chi connectivity index (χ1) is 14.5. The first-order valence-electron chi connectivity index (χ1n) is 9.45. The number of nitrogens with one attached hydrogen (secondary N) is 1. The third-order valence-corrected chi connectivity index (χ3v) is 5.28. The highest BCUT2D eigenvalue weighted by atomic mass is 32.2. The predicted molar refractivity (Wildman–Crippen MR) is 118 cm³/mol. The minimum atomic E-state index is -0.755. The Labute approximate surface area is 178 Å². The molecule has 0 saturated carbocycles. The van der Waals surface area contributed by atoms with Crippen LogP contribution < -0.4 is 10.9 Å². The molecule has 0 spiro atoms. The van der Waals surface area contributed by atoms with Crippen LogP contribution in [0.25, 0.3) is 22.0 Å². The number of aromatic nitrogens is 2. The fourth-order valence-corrected chi connectivity index (χ4v) is 3.54. The highest BCUT2D eigenvalue weighted by Crippen LogP contribution is 2.22. The number of rotatable bonds is 8. The van der Waals surface area contributed by atoms with Gasteiger partial charge in [-0.1, -0.05) is 36.4 Å². The van der Waals surface area contributed by atoms with Crippen molar-refractivity contribution in [2.24, 2.45) is 0 Å². The summed E-state index contributed by atoms with van der Waals surface area (Å²) in [6.07, 6.45) is 2.36. The zero-order chi connectivity index (χ0) is 21.5. The number of hydrogen-bond donors (Lipinski definition) is 1. The number of carbonyl (C=O) groups excluding carboxylic acids is 2. The number of esters is 1. The Morgan fingerprint density at radius 3 is 2.63 bits per heavy atom. The average Bonchev–Trinajstić information content (AvgIpc) is 2.77. The summed E-state index contributed by atoms with van der Waals surface area (Å²) >= 11 is 1.56. The number of fused-ring (bicyclic) bond motifs is 1. The minimum absolute atomic E-state index is 0.285. The maximum atomic E-state index is 12.5. The zero-order valence-electron chi connectivity index (χ0n) is 16.8. The molecule has 0 aliphatic rings. The van der Waals surface area contributed by atoms with Gasteiger partial charge in [0.25, 0.3) is 5.56 Å². The lowest BCUT2D eigenvalue weighted by Crippen LogP contribution is -2.44. The minimum Gasteiger partial charge on any atom is -0.467 e. The summed E-state index contributed by atoms with van der Waals surface area (Å²) in [5, 5.41) is 9.14. The fraction of sp³-hybridized carbons (Fsp3) is 0.273. The highest BCUT2D eigenvalue weighted by molar-refractivity contribution is 7.98. The first kappa shape index (κ1) is 21.6. The van der Waals surface area contributed by atoms with Crippen LogP contribution in [0.2, 0.25) is 0 Å². The Balaban J connectivity index is 1.79. The van der Waals surface area contributed by atoms with Gasteiger partial charge in [-0.05, 0) is 41.3 Å². The Hall–Kier alpha value is -3.13. The maximum Gasteiger partial charge on any atom is 0.328 e. The van der Waals surface area contributed by atoms with Gasteiger partial charge in [0, 0.05) is 11.6 Å². The number of carbonyl (C=O) groups is 2. The molecule has 8 heteroatoms. The van der Waals surface area contributed by atoms with Crippen molar-refractivity contribution in [3.8, 4) is 11.3 Å². The summed E-state index contributed by atoms with van der Waals surface area (Å²) in [4.78, 5) is 36.6. The molecule has 2 aromatic carbocycles. The van der Waals surface area contributed by atoms with E-state index in [1.54, 1.807) is 17.8 Å². The van der Waals surface area contributed by atoms with Crippen molar-refractivity contribution in [1.29, 1.82) is 0 Å². The van der Waals surface area contributed by atoms with Crippen LogP contribution in [0.4, 0.5) is 0 Å². The molecule has 0 bridgehead atoms. The van der Waals surface area contributed by atoms with Gasteiger partial charge in [-0.15, -0.1) is 0 Å². The molecular weight excluding hydrogens is 402 g/mol. The van der Waals surface area contributed by atoms with Crippen LogP contribution in [0.15, 0.2) is 59.4 Å². The van der Waals surface area contributed by atoms with Crippen molar-refractivity contribution in [2.75, 3.05) is 19.1 Å². The van der Waals surface area contributed by atoms with Gasteiger partial charge in [-0.2, -0.15) is 16.9 Å². The summed E-state index contributed by atoms with van der Waals surface area (Å²) in [6, 6.07) is 16.1. The van der Waals surface area contributed by atoms with Crippen molar-refractivity contribution in [1.82, 2.24) is 15.1 Å². The van der Waals surface area contributed by atoms with Gasteiger partial charge in [-0.3, -0.25) is 9.59 Å². The van der Waals surface area contributed by atoms with Gasteiger partial charge in [0.15, 0.2) is 0 Å². The largest absolute Gasteiger partial charge is 0.467 e. The van der Waals surface area contributed by atoms with E-state index in [1.807, 2.05) is 48.7 Å². The lowest BCUT2D eigenvalue weighted by molar-refractivity contribution is -0.145. The monoisotopic (exact) mass is 425 g/mol. The third-order valence-electron chi connectivity index (χ3n) is 4.64. The summed E-state index contributed by atoms with van der Waals surface area (Å²) in [7, 11) is 1.28. The normalized spacial score (nSPS) is 11.8. The van der Waals surface area contributed by atoms with E-state index < -0.39 is 23.5 Å². The van der Waals surface area contributed by atoms with E-state index in [0.29, 0.717) is 17.9 Å². The van der Waals surface area contributed by atoms with Gasteiger partial charge < -0.3 is 10.1 Å². The predicted octanol–water partition coefficient (Wildman–Crippen LogP) is 2.47. The molecule has 0 fully saturated rings. The number of hydrogen-bond acceptors (Lipinski definition) is 6. The van der Waals surface area contributed by atoms with Crippen LogP contribution in [0, 0.1) is 0 Å². The molecule has 3 aromatic rings. The summed E-state index contributed by atoms with van der Waals surface area (Å²) in [5.41, 5.74) is 1.03. The first-order valence-corrected chi connectivity index (χ1v) is 10.8. The molecule has 30 heavy (non-hydrogen) atoms. The number of benzene rings is 2. The van der Waals surface area contributed by atoms with E-state index in [-0.39, 0.29) is 6.54 Å². The van der Waals surface area contributed by atoms with Crippen LogP contribution in [0.5, 0.6) is 0 Å². The van der Waals surface area contributed by atoms with E-state index in [9.17, 15) is 14.4 Å². The summed E-state index contributed by atoms with van der Waals surface area (Å²) < 4.78 is 5.85. The maximum absolute atomic E-state index is 12.5. The molecule has 1 unspecified atom stereocenters. The molecule has 1 aromatic heterocycles. The molecular formula is C22H23N3O4S. The van der Waals surface area contributed by atoms with Crippen LogP contribution >= 0.6 is 11.8 Å². The molecule has 0 aliphatic carbocycles. The lowest BCUT2D eigenvalue weighted by Gasteiger charge is -2.16. The molecule has 1 atom stereocenters. The second-order valence-corrected chi connectivity index (χ2v) is 7.69. The lowest BCUT2D eigenvalue weighted by atomic mass is 10.1. The van der Waals surface area contributed by atoms with Crippen LogP contribution in [0.3, 0.4) is 0 Å². The third kappa shape index (κ3) is 5.27. The molecule has 1 amide bonds. The average molecular weight is 426 g/mol. The van der Waals surface area contributed by atoms with Gasteiger partial charge in [0.1, 0.15) is 12.6 Å². The van der Waals surface area contributed by atoms with Gasteiger partial charge in [0.05, 0.1) is 12.8 Å². The number of thioether (sulfide) groups is 1. The van der Waals surface area contributed by atoms with Crippen LogP contribution in [-0.2, 0) is 20.9 Å². The number of ether oxygens (including phenoxy) is 1. The Morgan fingerprint density at radius 2 is 1.90 bits per heavy atom. The van der Waals surface area contributed by atoms with E-state index in [0.717, 1.165) is 21.0 Å². The molecule has 0 aliphatic heterocycles.